The molecule has 0 bridgehead atoms. The van der Waals surface area contributed by atoms with Gasteiger partial charge in [-0.1, -0.05) is 12.1 Å². The standard InChI is InChI=1S/C21H20FN5O3S/c1-13-9-15-12-27(11-14-5-3-6-16(19(14)22)26-31-23-2)21(28)30-18(15)10-17(13)29-20-24-7-4-8-25-20/h3-10,23,26H,11-12H2,1-2H3. The van der Waals surface area contributed by atoms with Crippen LogP contribution >= 0.6 is 12.1 Å². The molecule has 1 aliphatic heterocycles. The van der Waals surface area contributed by atoms with Gasteiger partial charge in [-0.3, -0.25) is 4.90 Å². The van der Waals surface area contributed by atoms with E-state index in [1.807, 2.05) is 13.0 Å². The van der Waals surface area contributed by atoms with Gasteiger partial charge < -0.3 is 14.2 Å². The van der Waals surface area contributed by atoms with Crippen molar-refractivity contribution in [3.05, 3.63) is 71.3 Å². The minimum atomic E-state index is -0.555. The van der Waals surface area contributed by atoms with E-state index in [1.165, 1.54) is 4.90 Å². The summed E-state index contributed by atoms with van der Waals surface area (Å²) < 4.78 is 31.7. The van der Waals surface area contributed by atoms with Gasteiger partial charge in [0.25, 0.3) is 0 Å². The first-order chi connectivity index (χ1) is 15.0. The molecule has 0 unspecified atom stereocenters. The van der Waals surface area contributed by atoms with Crippen LogP contribution in [-0.2, 0) is 13.1 Å². The third-order valence-corrected chi connectivity index (χ3v) is 5.15. The number of hydrogen-bond acceptors (Lipinski definition) is 8. The highest BCUT2D eigenvalue weighted by atomic mass is 32.2. The van der Waals surface area contributed by atoms with Gasteiger partial charge in [0.15, 0.2) is 5.82 Å². The van der Waals surface area contributed by atoms with E-state index >= 15 is 0 Å². The topological polar surface area (TPSA) is 88.6 Å². The second-order valence-electron chi connectivity index (χ2n) is 6.77. The van der Waals surface area contributed by atoms with Crippen molar-refractivity contribution in [2.75, 3.05) is 11.8 Å². The summed E-state index contributed by atoms with van der Waals surface area (Å²) in [5.74, 6) is 0.490. The van der Waals surface area contributed by atoms with Crippen molar-refractivity contribution in [1.82, 2.24) is 19.6 Å². The Morgan fingerprint density at radius 1 is 1.26 bits per heavy atom. The van der Waals surface area contributed by atoms with Crippen LogP contribution in [0, 0.1) is 12.7 Å². The zero-order valence-corrected chi connectivity index (χ0v) is 17.7. The fourth-order valence-corrected chi connectivity index (χ4v) is 3.51. The molecule has 2 heterocycles. The largest absolute Gasteiger partial charge is 0.424 e. The molecule has 0 radical (unpaired) electrons. The maximum absolute atomic E-state index is 14.8. The van der Waals surface area contributed by atoms with Crippen LogP contribution in [0.3, 0.4) is 0 Å². The van der Waals surface area contributed by atoms with E-state index in [2.05, 4.69) is 19.4 Å². The summed E-state index contributed by atoms with van der Waals surface area (Å²) in [6, 6.07) is 10.4. The lowest BCUT2D eigenvalue weighted by Gasteiger charge is -2.29. The Kier molecular flexibility index (Phi) is 6.19. The molecule has 8 nitrogen and oxygen atoms in total. The Bertz CT molecular complexity index is 1100. The SMILES string of the molecule is CNSNc1cccc(CN2Cc3cc(C)c(Oc4ncccn4)cc3OC2=O)c1F. The second kappa shape index (κ2) is 9.19. The molecule has 1 amide bonds. The number of carbonyl (C=O) groups excluding carboxylic acids is 1. The summed E-state index contributed by atoms with van der Waals surface area (Å²) in [4.78, 5) is 22.1. The van der Waals surface area contributed by atoms with Gasteiger partial charge in [0, 0.05) is 41.7 Å². The van der Waals surface area contributed by atoms with Crippen molar-refractivity contribution >= 4 is 23.9 Å². The molecule has 0 saturated heterocycles. The van der Waals surface area contributed by atoms with Crippen LogP contribution in [-0.4, -0.2) is 28.0 Å². The van der Waals surface area contributed by atoms with Crippen LogP contribution in [0.1, 0.15) is 16.7 Å². The first-order valence-electron chi connectivity index (χ1n) is 9.46. The molecule has 0 aliphatic carbocycles. The third-order valence-electron chi connectivity index (χ3n) is 4.62. The van der Waals surface area contributed by atoms with E-state index in [9.17, 15) is 9.18 Å². The van der Waals surface area contributed by atoms with Crippen LogP contribution in [0.4, 0.5) is 14.9 Å². The Balaban J connectivity index is 1.53. The molecule has 4 rings (SSSR count). The highest BCUT2D eigenvalue weighted by Gasteiger charge is 2.27. The molecule has 0 saturated carbocycles. The lowest BCUT2D eigenvalue weighted by molar-refractivity contribution is 0.134. The van der Waals surface area contributed by atoms with Crippen molar-refractivity contribution in [3.63, 3.8) is 0 Å². The molecule has 0 spiro atoms. The van der Waals surface area contributed by atoms with Crippen molar-refractivity contribution in [2.24, 2.45) is 0 Å². The number of aryl methyl sites for hydroxylation is 1. The molecular formula is C21H20FN5O3S. The van der Waals surface area contributed by atoms with Gasteiger partial charge in [-0.25, -0.2) is 23.9 Å². The van der Waals surface area contributed by atoms with Crippen LogP contribution in [0.5, 0.6) is 17.5 Å². The Morgan fingerprint density at radius 3 is 2.84 bits per heavy atom. The summed E-state index contributed by atoms with van der Waals surface area (Å²) in [7, 11) is 1.73. The average Bonchev–Trinajstić information content (AvgIpc) is 2.76. The highest BCUT2D eigenvalue weighted by Crippen LogP contribution is 2.35. The zero-order chi connectivity index (χ0) is 21.8. The molecular weight excluding hydrogens is 421 g/mol. The molecule has 31 heavy (non-hydrogen) atoms. The van der Waals surface area contributed by atoms with E-state index in [-0.39, 0.29) is 12.6 Å². The number of rotatable bonds is 7. The van der Waals surface area contributed by atoms with Crippen LogP contribution in [0.15, 0.2) is 48.8 Å². The number of benzene rings is 2. The predicted molar refractivity (Wildman–Crippen MR) is 115 cm³/mol. The summed E-state index contributed by atoms with van der Waals surface area (Å²) >= 11 is 1.16. The first kappa shape index (κ1) is 20.9. The molecule has 3 aromatic rings. The normalized spacial score (nSPS) is 12.9. The van der Waals surface area contributed by atoms with Gasteiger partial charge in [-0.15, -0.1) is 0 Å². The quantitative estimate of drug-likeness (QED) is 0.521. The predicted octanol–water partition coefficient (Wildman–Crippen LogP) is 4.43. The van der Waals surface area contributed by atoms with Crippen molar-refractivity contribution in [1.29, 1.82) is 0 Å². The smallest absolute Gasteiger partial charge is 0.415 e. The van der Waals surface area contributed by atoms with Gasteiger partial charge >= 0.3 is 12.1 Å². The maximum Gasteiger partial charge on any atom is 0.415 e. The lowest BCUT2D eigenvalue weighted by atomic mass is 10.1. The minimum Gasteiger partial charge on any atom is -0.424 e. The van der Waals surface area contributed by atoms with E-state index in [1.54, 1.807) is 49.8 Å². The van der Waals surface area contributed by atoms with Gasteiger partial charge in [0.2, 0.25) is 0 Å². The molecule has 1 aliphatic rings. The van der Waals surface area contributed by atoms with Gasteiger partial charge in [0.05, 0.1) is 18.8 Å². The van der Waals surface area contributed by atoms with Crippen LogP contribution in [0.25, 0.3) is 0 Å². The molecule has 0 fully saturated rings. The number of fused-ring (bicyclic) bond motifs is 1. The number of aromatic nitrogens is 2. The fraction of sp³-hybridized carbons (Fsp3) is 0.190. The van der Waals surface area contributed by atoms with Gasteiger partial charge in [-0.2, -0.15) is 0 Å². The third kappa shape index (κ3) is 4.70. The lowest BCUT2D eigenvalue weighted by Crippen LogP contribution is -2.36. The van der Waals surface area contributed by atoms with E-state index in [0.29, 0.717) is 29.3 Å². The monoisotopic (exact) mass is 441 g/mol. The van der Waals surface area contributed by atoms with E-state index < -0.39 is 11.9 Å². The number of amides is 1. The number of halogens is 1. The number of anilines is 1. The fourth-order valence-electron chi connectivity index (χ4n) is 3.14. The van der Waals surface area contributed by atoms with Crippen LogP contribution < -0.4 is 18.9 Å². The van der Waals surface area contributed by atoms with Gasteiger partial charge in [0.1, 0.15) is 11.5 Å². The van der Waals surface area contributed by atoms with Crippen molar-refractivity contribution in [3.8, 4) is 17.5 Å². The van der Waals surface area contributed by atoms with Crippen LogP contribution in [0.2, 0.25) is 0 Å². The highest BCUT2D eigenvalue weighted by molar-refractivity contribution is 7.98. The molecule has 10 heteroatoms. The molecule has 2 aromatic carbocycles. The number of nitrogens with zero attached hydrogens (tertiary/aromatic N) is 3. The summed E-state index contributed by atoms with van der Waals surface area (Å²) in [6.45, 7) is 2.26. The van der Waals surface area contributed by atoms with Gasteiger partial charge in [-0.05, 0) is 37.7 Å². The number of hydrogen-bond donors (Lipinski definition) is 2. The Morgan fingerprint density at radius 2 is 2.06 bits per heavy atom. The van der Waals surface area contributed by atoms with Crippen molar-refractivity contribution in [2.45, 2.75) is 20.0 Å². The number of carbonyl (C=O) groups is 1. The Labute approximate surface area is 183 Å². The Hall–Kier alpha value is -3.37. The summed E-state index contributed by atoms with van der Waals surface area (Å²) in [5, 5.41) is 0. The summed E-state index contributed by atoms with van der Waals surface area (Å²) in [6.07, 6.45) is 2.60. The first-order valence-corrected chi connectivity index (χ1v) is 10.3. The second-order valence-corrected chi connectivity index (χ2v) is 7.59. The minimum absolute atomic E-state index is 0.0823. The van der Waals surface area contributed by atoms with E-state index in [4.69, 9.17) is 9.47 Å². The molecule has 0 atom stereocenters. The maximum atomic E-state index is 14.8. The van der Waals surface area contributed by atoms with Crippen molar-refractivity contribution < 1.29 is 18.7 Å². The zero-order valence-electron chi connectivity index (χ0n) is 16.9. The average molecular weight is 441 g/mol. The summed E-state index contributed by atoms with van der Waals surface area (Å²) in [5.41, 5.74) is 2.37. The molecule has 1 aromatic heterocycles. The number of nitrogens with one attached hydrogen (secondary N) is 2. The molecule has 160 valence electrons. The number of ether oxygens (including phenoxy) is 2. The van der Waals surface area contributed by atoms with E-state index in [0.717, 1.165) is 23.3 Å². The molecule has 2 N–H and O–H groups in total.